The van der Waals surface area contributed by atoms with Gasteiger partial charge in [0.2, 0.25) is 5.91 Å². The molecule has 11 heteroatoms. The molecule has 30 heavy (non-hydrogen) atoms. The molecule has 2 aliphatic rings. The van der Waals surface area contributed by atoms with Gasteiger partial charge in [-0.15, -0.1) is 11.8 Å². The van der Waals surface area contributed by atoms with E-state index in [9.17, 15) is 18.0 Å². The number of para-hydroxylation sites is 1. The van der Waals surface area contributed by atoms with Gasteiger partial charge < -0.3 is 8.92 Å². The average molecular weight is 477 g/mol. The monoisotopic (exact) mass is 476 g/mol. The quantitative estimate of drug-likeness (QED) is 0.666. The number of nitrogens with one attached hydrogen (secondary N) is 1. The molecule has 2 fully saturated rings. The van der Waals surface area contributed by atoms with Crippen LogP contribution < -0.4 is 8.91 Å². The number of thioether (sulfide) groups is 1. The Morgan fingerprint density at radius 1 is 1.27 bits per heavy atom. The summed E-state index contributed by atoms with van der Waals surface area (Å²) in [5.74, 6) is -0.135. The lowest BCUT2D eigenvalue weighted by atomic mass is 10.1. The van der Waals surface area contributed by atoms with Crippen molar-refractivity contribution < 1.29 is 26.9 Å². The molecular formula is C19H25ClN2O6S2. The number of hydrogen-bond donors (Lipinski definition) is 1. The Morgan fingerprint density at radius 3 is 2.47 bits per heavy atom. The first-order valence-corrected chi connectivity index (χ1v) is 12.3. The van der Waals surface area contributed by atoms with Gasteiger partial charge in [-0.2, -0.15) is 13.1 Å². The molecule has 1 N–H and O–H groups in total. The van der Waals surface area contributed by atoms with Crippen molar-refractivity contribution in [3.05, 3.63) is 29.3 Å². The Bertz CT molecular complexity index is 933. The van der Waals surface area contributed by atoms with Crippen molar-refractivity contribution in [3.63, 3.8) is 0 Å². The molecule has 1 aliphatic carbocycles. The molecule has 2 atom stereocenters. The van der Waals surface area contributed by atoms with Crippen molar-refractivity contribution in [1.82, 2.24) is 9.62 Å². The first kappa shape index (κ1) is 23.0. The van der Waals surface area contributed by atoms with Crippen LogP contribution >= 0.6 is 23.4 Å². The Kier molecular flexibility index (Phi) is 6.50. The van der Waals surface area contributed by atoms with E-state index in [-0.39, 0.29) is 33.9 Å². The fourth-order valence-electron chi connectivity index (χ4n) is 3.21. The van der Waals surface area contributed by atoms with Crippen LogP contribution in [0.4, 0.5) is 4.79 Å². The molecule has 0 spiro atoms. The third-order valence-corrected chi connectivity index (χ3v) is 7.71. The Hall–Kier alpha value is -1.65. The molecule has 0 aromatic heterocycles. The number of amides is 2. The molecule has 8 nitrogen and oxygen atoms in total. The minimum Gasteiger partial charge on any atom is -0.423 e. The lowest BCUT2D eigenvalue weighted by molar-refractivity contribution is -0.145. The van der Waals surface area contributed by atoms with Crippen molar-refractivity contribution in [2.24, 2.45) is 11.8 Å². The zero-order chi connectivity index (χ0) is 22.3. The number of carbonyl (C=O) groups is 2. The standard InChI is InChI=1S/C19H25ClN2O6S2/c1-11(2)16-22(15(23)12-9-10-12)17(19(3,4)29-16)27-18(24)21-30(25,26)28-14-8-6-5-7-13(14)20/h5-8,11-12,16-17H,9-10H2,1-4H3,(H,21,24). The molecule has 1 heterocycles. The van der Waals surface area contributed by atoms with Crippen LogP contribution in [-0.2, 0) is 19.8 Å². The fraction of sp³-hybridized carbons (Fsp3) is 0.579. The second kappa shape index (κ2) is 8.47. The van der Waals surface area contributed by atoms with E-state index in [0.29, 0.717) is 0 Å². The lowest BCUT2D eigenvalue weighted by Gasteiger charge is -2.33. The summed E-state index contributed by atoms with van der Waals surface area (Å²) >= 11 is 7.43. The minimum absolute atomic E-state index is 0.0674. The minimum atomic E-state index is -4.53. The summed E-state index contributed by atoms with van der Waals surface area (Å²) in [5.41, 5.74) is 0. The van der Waals surface area contributed by atoms with Crippen LogP contribution in [0.3, 0.4) is 0 Å². The third kappa shape index (κ3) is 5.15. The van der Waals surface area contributed by atoms with Crippen molar-refractivity contribution in [3.8, 4) is 5.75 Å². The van der Waals surface area contributed by atoms with Crippen LogP contribution in [0.5, 0.6) is 5.75 Å². The smallest absolute Gasteiger partial charge is 0.423 e. The molecule has 0 radical (unpaired) electrons. The highest BCUT2D eigenvalue weighted by molar-refractivity contribution is 8.01. The van der Waals surface area contributed by atoms with Gasteiger partial charge in [0.1, 0.15) is 0 Å². The number of halogens is 1. The first-order chi connectivity index (χ1) is 13.9. The van der Waals surface area contributed by atoms with Crippen LogP contribution in [-0.4, -0.2) is 41.7 Å². The Balaban J connectivity index is 1.74. The molecular weight excluding hydrogens is 452 g/mol. The predicted molar refractivity (Wildman–Crippen MR) is 114 cm³/mol. The van der Waals surface area contributed by atoms with E-state index in [2.05, 4.69) is 0 Å². The maximum atomic E-state index is 12.9. The van der Waals surface area contributed by atoms with Crippen LogP contribution in [0.15, 0.2) is 24.3 Å². The second-order valence-electron chi connectivity index (χ2n) is 8.20. The van der Waals surface area contributed by atoms with E-state index < -0.39 is 27.4 Å². The number of benzene rings is 1. The molecule has 1 aliphatic heterocycles. The van der Waals surface area contributed by atoms with Crippen molar-refractivity contribution >= 4 is 45.7 Å². The van der Waals surface area contributed by atoms with E-state index in [1.165, 1.54) is 23.9 Å². The zero-order valence-electron chi connectivity index (χ0n) is 17.1. The van der Waals surface area contributed by atoms with Crippen LogP contribution in [0.1, 0.15) is 40.5 Å². The summed E-state index contributed by atoms with van der Waals surface area (Å²) in [5, 5.41) is -0.104. The van der Waals surface area contributed by atoms with Crippen LogP contribution in [0.25, 0.3) is 0 Å². The summed E-state index contributed by atoms with van der Waals surface area (Å²) in [7, 11) is -4.53. The number of rotatable bonds is 6. The molecule has 1 saturated heterocycles. The highest BCUT2D eigenvalue weighted by Gasteiger charge is 2.55. The largest absolute Gasteiger partial charge is 0.425 e. The van der Waals surface area contributed by atoms with Crippen molar-refractivity contribution in [1.29, 1.82) is 0 Å². The number of hydrogen-bond acceptors (Lipinski definition) is 7. The Labute approximate surface area is 185 Å². The molecule has 2 amide bonds. The van der Waals surface area contributed by atoms with Crippen molar-refractivity contribution in [2.75, 3.05) is 0 Å². The summed E-state index contributed by atoms with van der Waals surface area (Å²) in [6.45, 7) is 7.70. The second-order valence-corrected chi connectivity index (χ2v) is 11.7. The average Bonchev–Trinajstić information content (AvgIpc) is 3.42. The molecule has 1 aromatic carbocycles. The fourth-order valence-corrected chi connectivity index (χ4v) is 5.61. The van der Waals surface area contributed by atoms with Crippen molar-refractivity contribution in [2.45, 2.75) is 56.9 Å². The number of ether oxygens (including phenoxy) is 1. The molecule has 3 rings (SSSR count). The van der Waals surface area contributed by atoms with Gasteiger partial charge in [0.25, 0.3) is 0 Å². The lowest BCUT2D eigenvalue weighted by Crippen LogP contribution is -2.51. The molecule has 2 unspecified atom stereocenters. The Morgan fingerprint density at radius 2 is 1.90 bits per heavy atom. The summed E-state index contributed by atoms with van der Waals surface area (Å²) < 4.78 is 35.9. The van der Waals surface area contributed by atoms with Gasteiger partial charge in [-0.05, 0) is 44.7 Å². The highest BCUT2D eigenvalue weighted by Crippen LogP contribution is 2.49. The van der Waals surface area contributed by atoms with Gasteiger partial charge in [-0.3, -0.25) is 9.69 Å². The third-order valence-electron chi connectivity index (χ3n) is 4.76. The number of carbonyl (C=O) groups excluding carboxylic acids is 2. The van der Waals surface area contributed by atoms with Gasteiger partial charge in [0, 0.05) is 5.92 Å². The van der Waals surface area contributed by atoms with Gasteiger partial charge in [-0.25, -0.2) is 4.79 Å². The summed E-state index contributed by atoms with van der Waals surface area (Å²) in [6, 6.07) is 5.96. The maximum absolute atomic E-state index is 12.9. The van der Waals surface area contributed by atoms with Gasteiger partial charge in [0.05, 0.1) is 15.1 Å². The van der Waals surface area contributed by atoms with Gasteiger partial charge in [-0.1, -0.05) is 37.6 Å². The first-order valence-electron chi connectivity index (χ1n) is 9.58. The molecule has 166 valence electrons. The molecule has 0 bridgehead atoms. The van der Waals surface area contributed by atoms with Crippen LogP contribution in [0, 0.1) is 11.8 Å². The zero-order valence-corrected chi connectivity index (χ0v) is 19.5. The number of nitrogens with zero attached hydrogens (tertiary/aromatic N) is 1. The van der Waals surface area contributed by atoms with E-state index in [0.717, 1.165) is 12.8 Å². The predicted octanol–water partition coefficient (Wildman–Crippen LogP) is 3.76. The van der Waals surface area contributed by atoms with E-state index in [4.69, 9.17) is 20.5 Å². The SMILES string of the molecule is CC(C)C1SC(C)(C)C(OC(=O)NS(=O)(=O)Oc2ccccc2Cl)N1C(=O)C1CC1. The summed E-state index contributed by atoms with van der Waals surface area (Å²) in [4.78, 5) is 26.9. The van der Waals surface area contributed by atoms with Crippen LogP contribution in [0.2, 0.25) is 5.02 Å². The van der Waals surface area contributed by atoms with E-state index >= 15 is 0 Å². The normalized spacial score (nSPS) is 23.3. The van der Waals surface area contributed by atoms with E-state index in [1.807, 2.05) is 27.7 Å². The molecule has 1 aromatic rings. The van der Waals surface area contributed by atoms with Gasteiger partial charge in [0.15, 0.2) is 12.0 Å². The topological polar surface area (TPSA) is 102 Å². The van der Waals surface area contributed by atoms with Gasteiger partial charge >= 0.3 is 16.4 Å². The highest BCUT2D eigenvalue weighted by atomic mass is 35.5. The molecule has 1 saturated carbocycles. The van der Waals surface area contributed by atoms with E-state index in [1.54, 1.807) is 21.8 Å². The summed E-state index contributed by atoms with van der Waals surface area (Å²) in [6.07, 6.45) is -0.522. The maximum Gasteiger partial charge on any atom is 0.425 e.